The van der Waals surface area contributed by atoms with Gasteiger partial charge in [0.25, 0.3) is 6.01 Å². The van der Waals surface area contributed by atoms with Crippen LogP contribution < -0.4 is 20.3 Å². The molecule has 5 atom stereocenters. The minimum Gasteiger partial charge on any atom is -0.424 e. The molecule has 2 aromatic heterocycles. The number of hydrogen-bond acceptors (Lipinski definition) is 7. The number of benzene rings is 1. The minimum absolute atomic E-state index is 0.0505. The molecule has 13 heteroatoms. The van der Waals surface area contributed by atoms with Gasteiger partial charge in [-0.25, -0.2) is 9.97 Å². The number of piperidine rings is 1. The van der Waals surface area contributed by atoms with Crippen molar-refractivity contribution in [3.05, 3.63) is 54.4 Å². The molecule has 2 N–H and O–H groups in total. The first-order valence-corrected chi connectivity index (χ1v) is 13.7. The van der Waals surface area contributed by atoms with E-state index in [1.54, 1.807) is 0 Å². The molecule has 0 spiro atoms. The molecule has 3 heterocycles. The third-order valence-electron chi connectivity index (χ3n) is 8.23. The lowest BCUT2D eigenvalue weighted by atomic mass is 9.89. The highest BCUT2D eigenvalue weighted by atomic mass is 19.4. The van der Waals surface area contributed by atoms with Gasteiger partial charge < -0.3 is 24.7 Å². The van der Waals surface area contributed by atoms with Gasteiger partial charge in [-0.2, -0.15) is 13.2 Å². The average Bonchev–Trinajstić information content (AvgIpc) is 3.65. The van der Waals surface area contributed by atoms with Gasteiger partial charge in [-0.3, -0.25) is 0 Å². The number of fused-ring (bicyclic) bond motifs is 2. The van der Waals surface area contributed by atoms with Crippen molar-refractivity contribution in [3.63, 3.8) is 0 Å². The van der Waals surface area contributed by atoms with Gasteiger partial charge in [-0.1, -0.05) is 12.8 Å². The second-order valence-electron chi connectivity index (χ2n) is 11.0. The summed E-state index contributed by atoms with van der Waals surface area (Å²) in [5.74, 6) is 1.13. The lowest BCUT2D eigenvalue weighted by molar-refractivity contribution is -0.274. The van der Waals surface area contributed by atoms with Gasteiger partial charge in [0.05, 0.1) is 11.8 Å². The quantitative estimate of drug-likeness (QED) is 0.303. The molecule has 6 rings (SSSR count). The van der Waals surface area contributed by atoms with Gasteiger partial charge in [-0.05, 0) is 68.0 Å². The molecule has 3 aliphatic rings. The van der Waals surface area contributed by atoms with Crippen LogP contribution in [0.25, 0.3) is 11.3 Å². The van der Waals surface area contributed by atoms with Gasteiger partial charge in [0, 0.05) is 42.5 Å². The average molecular weight is 582 g/mol. The molecule has 2 bridgehead atoms. The molecule has 0 unspecified atom stereocenters. The van der Waals surface area contributed by atoms with Crippen molar-refractivity contribution < 1.29 is 35.5 Å². The number of alkyl halides is 6. The molecular weight excluding hydrogens is 552 g/mol. The zero-order valence-corrected chi connectivity index (χ0v) is 21.9. The van der Waals surface area contributed by atoms with Crippen LogP contribution in [0.1, 0.15) is 44.1 Å². The number of nitrogens with one attached hydrogen (secondary N) is 2. The van der Waals surface area contributed by atoms with Crippen molar-refractivity contribution in [1.82, 2.24) is 15.3 Å². The molecule has 3 aromatic rings. The van der Waals surface area contributed by atoms with Crippen LogP contribution >= 0.6 is 0 Å². The molecule has 1 saturated heterocycles. The molecule has 7 nitrogen and oxygen atoms in total. The maximum atomic E-state index is 13.0. The Kier molecular flexibility index (Phi) is 7.25. The standard InChI is InChI=1S/C28H29F6N5O2/c29-27(30,31)18-7-10-25(35-13-18)39-15-16-11-22(23(39)12-16)37-20-3-1-2-4-21(20)38-26-36-14-24(40-26)17-5-8-19(9-6-17)41-28(32,33)34/h5-10,13-14,16,20-23,37H,1-4,11-12,15H2,(H,36,38)/t16-,20-,21-,22+,23-/m1/s1. The van der Waals surface area contributed by atoms with Crippen LogP contribution in [-0.4, -0.2) is 47.0 Å². The van der Waals surface area contributed by atoms with Crippen LogP contribution in [0.15, 0.2) is 53.2 Å². The Hall–Kier alpha value is -3.48. The van der Waals surface area contributed by atoms with Gasteiger partial charge in [-0.15, -0.1) is 13.2 Å². The fourth-order valence-electron chi connectivity index (χ4n) is 6.42. The zero-order chi connectivity index (χ0) is 28.8. The Morgan fingerprint density at radius 2 is 1.61 bits per heavy atom. The number of hydrogen-bond donors (Lipinski definition) is 2. The summed E-state index contributed by atoms with van der Waals surface area (Å²) < 4.78 is 86.1. The molecule has 3 fully saturated rings. The van der Waals surface area contributed by atoms with Gasteiger partial charge in [0.2, 0.25) is 0 Å². The number of nitrogens with zero attached hydrogens (tertiary/aromatic N) is 3. The van der Waals surface area contributed by atoms with Gasteiger partial charge in [0.1, 0.15) is 11.6 Å². The molecule has 220 valence electrons. The van der Waals surface area contributed by atoms with Crippen molar-refractivity contribution >= 4 is 11.8 Å². The predicted molar refractivity (Wildman–Crippen MR) is 138 cm³/mol. The molecule has 0 amide bonds. The van der Waals surface area contributed by atoms with Crippen LogP contribution in [0.4, 0.5) is 38.2 Å². The summed E-state index contributed by atoms with van der Waals surface area (Å²) in [7, 11) is 0. The van der Waals surface area contributed by atoms with E-state index in [-0.39, 0.29) is 29.9 Å². The summed E-state index contributed by atoms with van der Waals surface area (Å²) in [6, 6.07) is 8.81. The summed E-state index contributed by atoms with van der Waals surface area (Å²) in [4.78, 5) is 10.6. The lowest BCUT2D eigenvalue weighted by Crippen LogP contribution is -2.56. The number of rotatable bonds is 7. The minimum atomic E-state index is -4.76. The first-order chi connectivity index (χ1) is 19.5. The van der Waals surface area contributed by atoms with Crippen molar-refractivity contribution in [2.24, 2.45) is 5.92 Å². The number of ether oxygens (including phenoxy) is 1. The predicted octanol–water partition coefficient (Wildman–Crippen LogP) is 6.63. The molecule has 2 saturated carbocycles. The molecular formula is C28H29F6N5O2. The normalized spacial score (nSPS) is 26.4. The van der Waals surface area contributed by atoms with Crippen molar-refractivity contribution in [3.8, 4) is 17.1 Å². The van der Waals surface area contributed by atoms with Gasteiger partial charge in [0.15, 0.2) is 5.76 Å². The van der Waals surface area contributed by atoms with E-state index in [9.17, 15) is 26.3 Å². The van der Waals surface area contributed by atoms with E-state index in [2.05, 4.69) is 30.2 Å². The SMILES string of the molecule is FC(F)(F)Oc1ccc(-c2cnc(N[C@@H]3CCCC[C@H]3N[C@H]3C[C@@H]4C[C@H]3N(c3ccc(C(F)(F)F)cn3)C4)o2)cc1. The van der Waals surface area contributed by atoms with E-state index >= 15 is 0 Å². The van der Waals surface area contributed by atoms with E-state index in [4.69, 9.17) is 4.42 Å². The fourth-order valence-corrected chi connectivity index (χ4v) is 6.42. The largest absolute Gasteiger partial charge is 0.573 e. The summed E-state index contributed by atoms with van der Waals surface area (Å²) in [5.41, 5.74) is -0.184. The Balaban J connectivity index is 1.09. The Labute approximate surface area is 232 Å². The molecule has 2 aliphatic carbocycles. The van der Waals surface area contributed by atoms with E-state index in [1.807, 2.05) is 0 Å². The number of aromatic nitrogens is 2. The first-order valence-electron chi connectivity index (χ1n) is 13.7. The summed E-state index contributed by atoms with van der Waals surface area (Å²) in [6.07, 6.45) is -0.788. The number of oxazole rings is 1. The highest BCUT2D eigenvalue weighted by Crippen LogP contribution is 2.41. The smallest absolute Gasteiger partial charge is 0.424 e. The fraction of sp³-hybridized carbons (Fsp3) is 0.500. The Bertz CT molecular complexity index is 1330. The number of anilines is 2. The van der Waals surface area contributed by atoms with E-state index in [0.717, 1.165) is 57.3 Å². The Morgan fingerprint density at radius 3 is 2.27 bits per heavy atom. The summed E-state index contributed by atoms with van der Waals surface area (Å²) >= 11 is 0. The number of halogens is 6. The van der Waals surface area contributed by atoms with E-state index in [0.29, 0.717) is 29.1 Å². The van der Waals surface area contributed by atoms with Crippen LogP contribution in [0.2, 0.25) is 0 Å². The van der Waals surface area contributed by atoms with Crippen molar-refractivity contribution in [2.45, 2.75) is 75.2 Å². The van der Waals surface area contributed by atoms with Crippen LogP contribution in [-0.2, 0) is 6.18 Å². The second-order valence-corrected chi connectivity index (χ2v) is 11.0. The monoisotopic (exact) mass is 581 g/mol. The van der Waals surface area contributed by atoms with E-state index in [1.165, 1.54) is 36.5 Å². The highest BCUT2D eigenvalue weighted by molar-refractivity contribution is 5.58. The highest BCUT2D eigenvalue weighted by Gasteiger charge is 2.46. The van der Waals surface area contributed by atoms with Crippen LogP contribution in [0, 0.1) is 5.92 Å². The topological polar surface area (TPSA) is 75.5 Å². The van der Waals surface area contributed by atoms with Crippen molar-refractivity contribution in [1.29, 1.82) is 0 Å². The van der Waals surface area contributed by atoms with Crippen LogP contribution in [0.5, 0.6) is 5.75 Å². The van der Waals surface area contributed by atoms with E-state index < -0.39 is 18.1 Å². The molecule has 1 aromatic carbocycles. The Morgan fingerprint density at radius 1 is 0.854 bits per heavy atom. The third kappa shape index (κ3) is 6.24. The summed E-state index contributed by atoms with van der Waals surface area (Å²) in [5, 5.41) is 7.23. The van der Waals surface area contributed by atoms with Gasteiger partial charge >= 0.3 is 12.5 Å². The second kappa shape index (κ2) is 10.7. The zero-order valence-electron chi connectivity index (χ0n) is 21.9. The van der Waals surface area contributed by atoms with Crippen LogP contribution in [0.3, 0.4) is 0 Å². The van der Waals surface area contributed by atoms with Crippen molar-refractivity contribution in [2.75, 3.05) is 16.8 Å². The molecule has 1 aliphatic heterocycles. The molecule has 41 heavy (non-hydrogen) atoms. The summed E-state index contributed by atoms with van der Waals surface area (Å²) in [6.45, 7) is 0.788. The maximum Gasteiger partial charge on any atom is 0.573 e. The third-order valence-corrected chi connectivity index (χ3v) is 8.23. The first kappa shape index (κ1) is 27.7. The lowest BCUT2D eigenvalue weighted by Gasteiger charge is -2.40. The maximum absolute atomic E-state index is 13.0. The number of pyridine rings is 1. The molecule has 0 radical (unpaired) electrons.